The lowest BCUT2D eigenvalue weighted by molar-refractivity contribution is -0.145. The molecule has 3 rings (SSSR count). The van der Waals surface area contributed by atoms with Crippen molar-refractivity contribution in [2.24, 2.45) is 5.92 Å². The second-order valence-corrected chi connectivity index (χ2v) is 11.4. The summed E-state index contributed by atoms with van der Waals surface area (Å²) in [5.74, 6) is -1.16. The molecule has 230 valence electrons. The van der Waals surface area contributed by atoms with Crippen molar-refractivity contribution in [3.63, 3.8) is 0 Å². The Morgan fingerprint density at radius 2 is 1.65 bits per heavy atom. The molecule has 0 spiro atoms. The molecule has 2 heterocycles. The maximum atomic E-state index is 13.6. The quantitative estimate of drug-likeness (QED) is 0.190. The van der Waals surface area contributed by atoms with Gasteiger partial charge in [0.05, 0.1) is 25.4 Å². The van der Waals surface area contributed by atoms with Crippen LogP contribution in [-0.4, -0.2) is 65.4 Å². The standard InChI is InChI=1S/C32H40N4O7/c1-20(2)18-23(35-31(40)43-32(3,4)5)29(38)34-24(30(39)42-7)19-22-21-12-8-9-13-25(21)36(27-14-10-11-17-33-27)26(22)15-16-28(37)41-6/h8-17,20,23-24H,18-19H2,1-7H3,(H,34,38)(H,35,40)/b16-15+/t23-,24-/m0/s1. The second kappa shape index (κ2) is 14.5. The molecule has 0 saturated heterocycles. The number of nitrogens with one attached hydrogen (secondary N) is 2. The van der Waals surface area contributed by atoms with E-state index >= 15 is 0 Å². The highest BCUT2D eigenvalue weighted by atomic mass is 16.6. The van der Waals surface area contributed by atoms with Crippen molar-refractivity contribution in [3.8, 4) is 5.82 Å². The number of carbonyl (C=O) groups excluding carboxylic acids is 4. The molecule has 2 amide bonds. The summed E-state index contributed by atoms with van der Waals surface area (Å²) in [7, 11) is 2.52. The van der Waals surface area contributed by atoms with Gasteiger partial charge in [-0.2, -0.15) is 0 Å². The van der Waals surface area contributed by atoms with Gasteiger partial charge in [0.2, 0.25) is 5.91 Å². The molecule has 11 heteroatoms. The minimum atomic E-state index is -1.12. The van der Waals surface area contributed by atoms with Crippen molar-refractivity contribution in [3.05, 3.63) is 66.0 Å². The van der Waals surface area contributed by atoms with Gasteiger partial charge in [-0.25, -0.2) is 19.4 Å². The predicted molar refractivity (Wildman–Crippen MR) is 162 cm³/mol. The molecule has 0 unspecified atom stereocenters. The van der Waals surface area contributed by atoms with E-state index in [1.165, 1.54) is 20.3 Å². The lowest BCUT2D eigenvalue weighted by Crippen LogP contribution is -2.53. The van der Waals surface area contributed by atoms with Crippen molar-refractivity contribution in [2.75, 3.05) is 14.2 Å². The van der Waals surface area contributed by atoms with Gasteiger partial charge < -0.3 is 24.8 Å². The van der Waals surface area contributed by atoms with Gasteiger partial charge in [-0.05, 0) is 62.9 Å². The zero-order valence-corrected chi connectivity index (χ0v) is 25.7. The lowest BCUT2D eigenvalue weighted by atomic mass is 10.00. The van der Waals surface area contributed by atoms with Gasteiger partial charge in [0.25, 0.3) is 0 Å². The van der Waals surface area contributed by atoms with Crippen LogP contribution in [-0.2, 0) is 35.0 Å². The maximum Gasteiger partial charge on any atom is 0.408 e. The van der Waals surface area contributed by atoms with Gasteiger partial charge in [-0.15, -0.1) is 0 Å². The summed E-state index contributed by atoms with van der Waals surface area (Å²) in [6, 6.07) is 10.9. The first-order valence-electron chi connectivity index (χ1n) is 14.0. The van der Waals surface area contributed by atoms with E-state index in [0.717, 1.165) is 10.9 Å². The molecule has 1 aromatic carbocycles. The average molecular weight is 593 g/mol. The van der Waals surface area contributed by atoms with Crippen LogP contribution in [0.4, 0.5) is 4.79 Å². The van der Waals surface area contributed by atoms with Crippen molar-refractivity contribution >= 4 is 40.9 Å². The third-order valence-electron chi connectivity index (χ3n) is 6.40. The van der Waals surface area contributed by atoms with Crippen molar-refractivity contribution in [1.82, 2.24) is 20.2 Å². The lowest BCUT2D eigenvalue weighted by Gasteiger charge is -2.25. The number of hydrogen-bond donors (Lipinski definition) is 2. The Morgan fingerprint density at radius 1 is 0.953 bits per heavy atom. The highest BCUT2D eigenvalue weighted by Crippen LogP contribution is 2.31. The highest BCUT2D eigenvalue weighted by molar-refractivity contribution is 5.95. The highest BCUT2D eigenvalue weighted by Gasteiger charge is 2.31. The molecule has 11 nitrogen and oxygen atoms in total. The van der Waals surface area contributed by atoms with Gasteiger partial charge in [0.15, 0.2) is 0 Å². The van der Waals surface area contributed by atoms with E-state index in [0.29, 0.717) is 23.5 Å². The number of methoxy groups -OCH3 is 2. The molecule has 3 aromatic rings. The van der Waals surface area contributed by atoms with E-state index in [9.17, 15) is 19.2 Å². The van der Waals surface area contributed by atoms with Gasteiger partial charge >= 0.3 is 18.0 Å². The number of hydrogen-bond acceptors (Lipinski definition) is 8. The first-order valence-corrected chi connectivity index (χ1v) is 14.0. The van der Waals surface area contributed by atoms with Crippen LogP contribution in [0.5, 0.6) is 0 Å². The summed E-state index contributed by atoms with van der Waals surface area (Å²) in [6.07, 6.45) is 4.12. The summed E-state index contributed by atoms with van der Waals surface area (Å²) in [6.45, 7) is 9.02. The summed E-state index contributed by atoms with van der Waals surface area (Å²) in [5, 5.41) is 6.20. The number of benzene rings is 1. The zero-order valence-electron chi connectivity index (χ0n) is 25.7. The number of rotatable bonds is 11. The molecule has 0 fully saturated rings. The molecule has 0 saturated carbocycles. The largest absolute Gasteiger partial charge is 0.467 e. The van der Waals surface area contributed by atoms with Crippen LogP contribution < -0.4 is 10.6 Å². The van der Waals surface area contributed by atoms with Crippen LogP contribution in [0.3, 0.4) is 0 Å². The number of nitrogens with zero attached hydrogens (tertiary/aromatic N) is 2. The minimum Gasteiger partial charge on any atom is -0.467 e. The smallest absolute Gasteiger partial charge is 0.408 e. The fourth-order valence-corrected chi connectivity index (χ4v) is 4.63. The number of esters is 2. The van der Waals surface area contributed by atoms with E-state index in [1.807, 2.05) is 54.8 Å². The van der Waals surface area contributed by atoms with Crippen LogP contribution >= 0.6 is 0 Å². The number of carbonyl (C=O) groups is 4. The van der Waals surface area contributed by atoms with E-state index in [1.54, 1.807) is 39.1 Å². The Hall–Kier alpha value is -4.67. The maximum absolute atomic E-state index is 13.6. The minimum absolute atomic E-state index is 0.0143. The van der Waals surface area contributed by atoms with E-state index in [2.05, 4.69) is 15.6 Å². The number of fused-ring (bicyclic) bond motifs is 1. The van der Waals surface area contributed by atoms with Crippen LogP contribution in [0, 0.1) is 5.92 Å². The molecule has 43 heavy (non-hydrogen) atoms. The van der Waals surface area contributed by atoms with Gasteiger partial charge in [-0.3, -0.25) is 9.36 Å². The third-order valence-corrected chi connectivity index (χ3v) is 6.40. The Kier molecular flexibility index (Phi) is 11.1. The number of amides is 2. The molecule has 0 aliphatic carbocycles. The van der Waals surface area contributed by atoms with Gasteiger partial charge in [-0.1, -0.05) is 38.1 Å². The van der Waals surface area contributed by atoms with Crippen molar-refractivity contribution in [1.29, 1.82) is 0 Å². The summed E-state index contributed by atoms with van der Waals surface area (Å²) >= 11 is 0. The normalized spacial score (nSPS) is 13.0. The first kappa shape index (κ1) is 32.8. The first-order chi connectivity index (χ1) is 20.3. The predicted octanol–water partition coefficient (Wildman–Crippen LogP) is 4.35. The zero-order chi connectivity index (χ0) is 31.7. The number of aromatic nitrogens is 2. The second-order valence-electron chi connectivity index (χ2n) is 11.4. The summed E-state index contributed by atoms with van der Waals surface area (Å²) < 4.78 is 17.1. The number of ether oxygens (including phenoxy) is 3. The van der Waals surface area contributed by atoms with Crippen LogP contribution in [0.15, 0.2) is 54.7 Å². The van der Waals surface area contributed by atoms with E-state index < -0.39 is 41.6 Å². The third kappa shape index (κ3) is 8.91. The topological polar surface area (TPSA) is 138 Å². The fraction of sp³-hybridized carbons (Fsp3) is 0.406. The number of pyridine rings is 1. The number of para-hydroxylation sites is 1. The molecular formula is C32H40N4O7. The average Bonchev–Trinajstić information content (AvgIpc) is 3.26. The van der Waals surface area contributed by atoms with Crippen LogP contribution in [0.2, 0.25) is 0 Å². The van der Waals surface area contributed by atoms with Gasteiger partial charge in [0.1, 0.15) is 23.5 Å². The Balaban J connectivity index is 2.07. The Morgan fingerprint density at radius 3 is 2.26 bits per heavy atom. The van der Waals surface area contributed by atoms with Gasteiger partial charge in [0, 0.05) is 24.1 Å². The van der Waals surface area contributed by atoms with E-state index in [-0.39, 0.29) is 12.3 Å². The SMILES string of the molecule is COC(=O)/C=C/c1c(C[C@H](NC(=O)[C@H](CC(C)C)NC(=O)OC(C)(C)C)C(=O)OC)c2ccccc2n1-c1ccccn1. The van der Waals surface area contributed by atoms with E-state index in [4.69, 9.17) is 14.2 Å². The molecule has 2 atom stereocenters. The summed E-state index contributed by atoms with van der Waals surface area (Å²) in [4.78, 5) is 55.8. The Labute approximate surface area is 251 Å². The molecular weight excluding hydrogens is 552 g/mol. The monoisotopic (exact) mass is 592 g/mol. The fourth-order valence-electron chi connectivity index (χ4n) is 4.63. The molecule has 0 bridgehead atoms. The molecule has 2 aromatic heterocycles. The van der Waals surface area contributed by atoms with Crippen LogP contribution in [0.25, 0.3) is 22.8 Å². The molecule has 0 aliphatic rings. The van der Waals surface area contributed by atoms with Crippen molar-refractivity contribution < 1.29 is 33.4 Å². The van der Waals surface area contributed by atoms with Crippen LogP contribution in [0.1, 0.15) is 52.3 Å². The van der Waals surface area contributed by atoms with Crippen molar-refractivity contribution in [2.45, 2.75) is 65.1 Å². The molecule has 2 N–H and O–H groups in total. The summed E-state index contributed by atoms with van der Waals surface area (Å²) in [5.41, 5.74) is 1.25. The molecule has 0 radical (unpaired) electrons. The molecule has 0 aliphatic heterocycles. The number of alkyl carbamates (subject to hydrolysis) is 1. The Bertz CT molecular complexity index is 1470.